The molecule has 7 aromatic carbocycles. The standard InChI is InChI=1S/C41H31N3O/c1-3-12-27(13-4-1)39-42-40(28-14-5-2-6-15-28)44-41(43-39)35-25-24-31(29-17-7-8-18-30(29)35)33-20-11-16-26-22-23-34-32-19-9-10-21-36(32)45-38(34)37(26)33/h1-25,39-44H. The number of rotatable bonds is 4. The Morgan fingerprint density at radius 3 is 1.76 bits per heavy atom. The van der Waals surface area contributed by atoms with E-state index in [9.17, 15) is 0 Å². The zero-order valence-corrected chi connectivity index (χ0v) is 24.6. The van der Waals surface area contributed by atoms with Gasteiger partial charge in [0.05, 0.1) is 18.5 Å². The average molecular weight is 582 g/mol. The van der Waals surface area contributed by atoms with Crippen molar-refractivity contribution >= 4 is 43.5 Å². The fourth-order valence-electron chi connectivity index (χ4n) is 7.09. The third-order valence-electron chi connectivity index (χ3n) is 9.21. The molecule has 1 aromatic heterocycles. The molecule has 1 aliphatic rings. The highest BCUT2D eigenvalue weighted by Gasteiger charge is 2.30. The number of benzene rings is 7. The number of fused-ring (bicyclic) bond motifs is 6. The molecular weight excluding hydrogens is 550 g/mol. The molecule has 2 atom stereocenters. The molecule has 2 heterocycles. The molecule has 0 aliphatic carbocycles. The Labute approximate surface area is 261 Å². The Balaban J connectivity index is 1.21. The van der Waals surface area contributed by atoms with Crippen molar-refractivity contribution in [1.29, 1.82) is 0 Å². The predicted octanol–water partition coefficient (Wildman–Crippen LogP) is 9.74. The second kappa shape index (κ2) is 10.7. The zero-order valence-electron chi connectivity index (χ0n) is 24.6. The summed E-state index contributed by atoms with van der Waals surface area (Å²) in [5, 5.41) is 18.6. The maximum Gasteiger partial charge on any atom is 0.143 e. The molecule has 2 unspecified atom stereocenters. The fraction of sp³-hybridized carbons (Fsp3) is 0.0732. The second-order valence-corrected chi connectivity index (χ2v) is 11.8. The maximum absolute atomic E-state index is 6.54. The summed E-state index contributed by atoms with van der Waals surface area (Å²) in [5.41, 5.74) is 7.85. The molecule has 9 rings (SSSR count). The van der Waals surface area contributed by atoms with Gasteiger partial charge in [-0.3, -0.25) is 16.0 Å². The summed E-state index contributed by atoms with van der Waals surface area (Å²) in [6.07, 6.45) is -0.142. The highest BCUT2D eigenvalue weighted by atomic mass is 16.3. The Hall–Kier alpha value is -5.26. The van der Waals surface area contributed by atoms with Crippen molar-refractivity contribution in [3.63, 3.8) is 0 Å². The summed E-state index contributed by atoms with van der Waals surface area (Å²) < 4.78 is 6.54. The molecule has 1 fully saturated rings. The van der Waals surface area contributed by atoms with Crippen molar-refractivity contribution in [1.82, 2.24) is 16.0 Å². The number of para-hydroxylation sites is 1. The van der Waals surface area contributed by atoms with Crippen LogP contribution in [0.15, 0.2) is 156 Å². The first kappa shape index (κ1) is 26.2. The molecule has 0 saturated carbocycles. The van der Waals surface area contributed by atoms with Crippen LogP contribution < -0.4 is 16.0 Å². The maximum atomic E-state index is 6.54. The lowest BCUT2D eigenvalue weighted by atomic mass is 9.90. The molecule has 0 amide bonds. The number of nitrogens with one attached hydrogen (secondary N) is 3. The van der Waals surface area contributed by atoms with Crippen LogP contribution in [-0.2, 0) is 0 Å². The summed E-state index contributed by atoms with van der Waals surface area (Å²) in [4.78, 5) is 0. The van der Waals surface area contributed by atoms with E-state index in [0.717, 1.165) is 27.3 Å². The smallest absolute Gasteiger partial charge is 0.143 e. The van der Waals surface area contributed by atoms with Crippen LogP contribution in [0.25, 0.3) is 54.6 Å². The van der Waals surface area contributed by atoms with Crippen LogP contribution in [0.3, 0.4) is 0 Å². The molecule has 0 bridgehead atoms. The van der Waals surface area contributed by atoms with Crippen molar-refractivity contribution in [3.8, 4) is 11.1 Å². The van der Waals surface area contributed by atoms with Gasteiger partial charge in [0.25, 0.3) is 0 Å². The van der Waals surface area contributed by atoms with Gasteiger partial charge in [-0.1, -0.05) is 140 Å². The zero-order chi connectivity index (χ0) is 29.7. The van der Waals surface area contributed by atoms with Crippen molar-refractivity contribution < 1.29 is 4.42 Å². The summed E-state index contributed by atoms with van der Waals surface area (Å²) in [6, 6.07) is 53.8. The fourth-order valence-corrected chi connectivity index (χ4v) is 7.09. The number of hydrogen-bond acceptors (Lipinski definition) is 4. The lowest BCUT2D eigenvalue weighted by Gasteiger charge is -2.40. The van der Waals surface area contributed by atoms with E-state index in [1.54, 1.807) is 0 Å². The lowest BCUT2D eigenvalue weighted by molar-refractivity contribution is 0.204. The predicted molar refractivity (Wildman–Crippen MR) is 185 cm³/mol. The Morgan fingerprint density at radius 2 is 1.02 bits per heavy atom. The Bertz CT molecular complexity index is 2280. The summed E-state index contributed by atoms with van der Waals surface area (Å²) >= 11 is 0. The van der Waals surface area contributed by atoms with Crippen LogP contribution in [0.5, 0.6) is 0 Å². The summed E-state index contributed by atoms with van der Waals surface area (Å²) in [5.74, 6) is 0. The quantitative estimate of drug-likeness (QED) is 0.194. The largest absolute Gasteiger partial charge is 0.455 e. The highest BCUT2D eigenvalue weighted by Crippen LogP contribution is 2.42. The van der Waals surface area contributed by atoms with E-state index in [0.29, 0.717) is 0 Å². The Kier molecular flexibility index (Phi) is 6.23. The van der Waals surface area contributed by atoms with Gasteiger partial charge in [0.2, 0.25) is 0 Å². The first-order chi connectivity index (χ1) is 22.3. The van der Waals surface area contributed by atoms with E-state index in [1.165, 1.54) is 44.0 Å². The highest BCUT2D eigenvalue weighted by molar-refractivity contribution is 6.20. The van der Waals surface area contributed by atoms with Gasteiger partial charge in [-0.25, -0.2) is 0 Å². The minimum Gasteiger partial charge on any atom is -0.455 e. The van der Waals surface area contributed by atoms with Gasteiger partial charge in [-0.05, 0) is 56.1 Å². The number of furan rings is 1. The van der Waals surface area contributed by atoms with Gasteiger partial charge in [0.1, 0.15) is 11.2 Å². The molecule has 45 heavy (non-hydrogen) atoms. The van der Waals surface area contributed by atoms with Gasteiger partial charge in [0.15, 0.2) is 0 Å². The van der Waals surface area contributed by atoms with Gasteiger partial charge in [-0.15, -0.1) is 0 Å². The molecule has 1 aliphatic heterocycles. The van der Waals surface area contributed by atoms with E-state index in [4.69, 9.17) is 4.42 Å². The summed E-state index contributed by atoms with van der Waals surface area (Å²) in [6.45, 7) is 0. The van der Waals surface area contributed by atoms with Crippen LogP contribution in [0.4, 0.5) is 0 Å². The minimum atomic E-state index is -0.0878. The van der Waals surface area contributed by atoms with Gasteiger partial charge < -0.3 is 4.42 Å². The van der Waals surface area contributed by atoms with Gasteiger partial charge in [-0.2, -0.15) is 0 Å². The molecule has 4 heteroatoms. The van der Waals surface area contributed by atoms with E-state index in [1.807, 2.05) is 6.07 Å². The first-order valence-electron chi connectivity index (χ1n) is 15.5. The molecule has 1 saturated heterocycles. The SMILES string of the molecule is c1ccc(C2NC(c3ccccc3)NC(c3ccc(-c4cccc5ccc6c7ccccc7oc6c45)c4ccccc34)N2)cc1. The Morgan fingerprint density at radius 1 is 0.400 bits per heavy atom. The molecular formula is C41H31N3O. The van der Waals surface area contributed by atoms with Crippen LogP contribution >= 0.6 is 0 Å². The average Bonchev–Trinajstić information content (AvgIpc) is 3.50. The van der Waals surface area contributed by atoms with E-state index >= 15 is 0 Å². The first-order valence-corrected chi connectivity index (χ1v) is 15.5. The van der Waals surface area contributed by atoms with E-state index in [-0.39, 0.29) is 18.5 Å². The van der Waals surface area contributed by atoms with E-state index in [2.05, 4.69) is 162 Å². The van der Waals surface area contributed by atoms with Crippen LogP contribution in [0.2, 0.25) is 0 Å². The molecule has 0 spiro atoms. The van der Waals surface area contributed by atoms with Crippen molar-refractivity contribution in [3.05, 3.63) is 168 Å². The van der Waals surface area contributed by atoms with Crippen LogP contribution in [0, 0.1) is 0 Å². The molecule has 4 nitrogen and oxygen atoms in total. The van der Waals surface area contributed by atoms with Crippen molar-refractivity contribution in [2.75, 3.05) is 0 Å². The molecule has 3 N–H and O–H groups in total. The van der Waals surface area contributed by atoms with Crippen LogP contribution in [-0.4, -0.2) is 0 Å². The third-order valence-corrected chi connectivity index (χ3v) is 9.21. The van der Waals surface area contributed by atoms with Crippen LogP contribution in [0.1, 0.15) is 35.2 Å². The van der Waals surface area contributed by atoms with Crippen molar-refractivity contribution in [2.24, 2.45) is 0 Å². The minimum absolute atomic E-state index is 0.0273. The van der Waals surface area contributed by atoms with E-state index < -0.39 is 0 Å². The summed E-state index contributed by atoms with van der Waals surface area (Å²) in [7, 11) is 0. The van der Waals surface area contributed by atoms with Gasteiger partial charge in [0, 0.05) is 16.2 Å². The topological polar surface area (TPSA) is 49.2 Å². The van der Waals surface area contributed by atoms with Crippen molar-refractivity contribution in [2.45, 2.75) is 18.5 Å². The third kappa shape index (κ3) is 4.42. The number of hydrogen-bond donors (Lipinski definition) is 3. The molecule has 216 valence electrons. The lowest BCUT2D eigenvalue weighted by Crippen LogP contribution is -2.54. The monoisotopic (exact) mass is 581 g/mol. The molecule has 0 radical (unpaired) electrons. The second-order valence-electron chi connectivity index (χ2n) is 11.8. The normalized spacial score (nSPS) is 18.6. The van der Waals surface area contributed by atoms with Gasteiger partial charge >= 0.3 is 0 Å². The molecule has 8 aromatic rings.